The zero-order valence-corrected chi connectivity index (χ0v) is 12.5. The number of aryl methyl sites for hydroxylation is 2. The average molecular weight is 276 g/mol. The smallest absolute Gasteiger partial charge is 0.322 e. The molecule has 0 amide bonds. The molecule has 1 aromatic rings. The molecule has 4 nitrogen and oxygen atoms in total. The molecule has 1 atom stereocenters. The van der Waals surface area contributed by atoms with Crippen molar-refractivity contribution in [2.75, 3.05) is 18.0 Å². The van der Waals surface area contributed by atoms with E-state index >= 15 is 0 Å². The second-order valence-corrected chi connectivity index (χ2v) is 5.89. The molecule has 1 aliphatic rings. The Bertz CT molecular complexity index is 485. The van der Waals surface area contributed by atoms with E-state index in [2.05, 4.69) is 35.3 Å². The highest BCUT2D eigenvalue weighted by atomic mass is 16.4. The summed E-state index contributed by atoms with van der Waals surface area (Å²) in [6.07, 6.45) is 2.17. The molecule has 110 valence electrons. The van der Waals surface area contributed by atoms with Gasteiger partial charge in [-0.3, -0.25) is 4.79 Å². The first-order valence-electron chi connectivity index (χ1n) is 7.30. The Hall–Kier alpha value is -1.55. The van der Waals surface area contributed by atoms with Crippen LogP contribution in [-0.2, 0) is 11.2 Å². The molecule has 1 aromatic carbocycles. The van der Waals surface area contributed by atoms with Gasteiger partial charge in [-0.1, -0.05) is 31.5 Å². The maximum Gasteiger partial charge on any atom is 0.322 e. The molecule has 0 saturated heterocycles. The van der Waals surface area contributed by atoms with Crippen LogP contribution >= 0.6 is 0 Å². The normalized spacial score (nSPS) is 16.1. The van der Waals surface area contributed by atoms with Crippen molar-refractivity contribution in [3.8, 4) is 0 Å². The quantitative estimate of drug-likeness (QED) is 0.865. The van der Waals surface area contributed by atoms with Crippen molar-refractivity contribution in [1.29, 1.82) is 0 Å². The number of carboxylic acids is 1. The number of nitrogens with zero attached hydrogens (tertiary/aromatic N) is 1. The van der Waals surface area contributed by atoms with Gasteiger partial charge in [-0.15, -0.1) is 0 Å². The summed E-state index contributed by atoms with van der Waals surface area (Å²) in [7, 11) is 0. The van der Waals surface area contributed by atoms with Gasteiger partial charge in [-0.05, 0) is 31.4 Å². The number of carboxylic acid groups (broad SMARTS) is 1. The molecule has 0 saturated carbocycles. The summed E-state index contributed by atoms with van der Waals surface area (Å²) in [4.78, 5) is 13.6. The van der Waals surface area contributed by atoms with Crippen molar-refractivity contribution < 1.29 is 9.90 Å². The molecule has 2 N–H and O–H groups in total. The van der Waals surface area contributed by atoms with E-state index in [1.165, 1.54) is 16.8 Å². The van der Waals surface area contributed by atoms with E-state index in [1.54, 1.807) is 0 Å². The van der Waals surface area contributed by atoms with Gasteiger partial charge in [0.25, 0.3) is 0 Å². The lowest BCUT2D eigenvalue weighted by Gasteiger charge is -2.34. The number of fused-ring (bicyclic) bond motifs is 1. The fraction of sp³-hybridized carbons (Fsp3) is 0.562. The number of carbonyl (C=O) groups is 1. The number of nitrogens with one attached hydrogen (secondary N) is 1. The molecule has 0 radical (unpaired) electrons. The average Bonchev–Trinajstić information content (AvgIpc) is 2.37. The van der Waals surface area contributed by atoms with E-state index in [0.717, 1.165) is 19.4 Å². The van der Waals surface area contributed by atoms with E-state index < -0.39 is 12.0 Å². The van der Waals surface area contributed by atoms with Crippen molar-refractivity contribution in [1.82, 2.24) is 5.32 Å². The van der Waals surface area contributed by atoms with Crippen LogP contribution in [0.5, 0.6) is 0 Å². The number of hydrogen-bond acceptors (Lipinski definition) is 3. The minimum atomic E-state index is -0.780. The lowest BCUT2D eigenvalue weighted by atomic mass is 9.99. The van der Waals surface area contributed by atoms with Crippen molar-refractivity contribution in [3.63, 3.8) is 0 Å². The summed E-state index contributed by atoms with van der Waals surface area (Å²) in [5, 5.41) is 12.5. The van der Waals surface area contributed by atoms with Crippen molar-refractivity contribution in [2.45, 2.75) is 45.7 Å². The van der Waals surface area contributed by atoms with Gasteiger partial charge in [0.15, 0.2) is 0 Å². The van der Waals surface area contributed by atoms with Gasteiger partial charge in [-0.2, -0.15) is 0 Å². The molecule has 20 heavy (non-hydrogen) atoms. The Morgan fingerprint density at radius 2 is 2.20 bits per heavy atom. The zero-order chi connectivity index (χ0) is 14.7. The van der Waals surface area contributed by atoms with Gasteiger partial charge in [0.05, 0.1) is 0 Å². The number of aliphatic carboxylic acids is 1. The number of benzene rings is 1. The first-order chi connectivity index (χ1) is 9.47. The van der Waals surface area contributed by atoms with E-state index in [-0.39, 0.29) is 6.04 Å². The lowest BCUT2D eigenvalue weighted by Crippen LogP contribution is -2.49. The Morgan fingerprint density at radius 1 is 1.45 bits per heavy atom. The largest absolute Gasteiger partial charge is 0.480 e. The summed E-state index contributed by atoms with van der Waals surface area (Å²) in [6, 6.07) is 6.08. The summed E-state index contributed by atoms with van der Waals surface area (Å²) in [5.41, 5.74) is 3.80. The number of rotatable bonds is 5. The van der Waals surface area contributed by atoms with Crippen LogP contribution in [0.3, 0.4) is 0 Å². The third-order valence-electron chi connectivity index (χ3n) is 3.69. The number of hydrogen-bond donors (Lipinski definition) is 2. The molecule has 1 aliphatic heterocycles. The minimum absolute atomic E-state index is 0.165. The second kappa shape index (κ2) is 6.27. The van der Waals surface area contributed by atoms with Gasteiger partial charge in [0.1, 0.15) is 6.04 Å². The number of anilines is 1. The highest BCUT2D eigenvalue weighted by molar-refractivity contribution is 5.75. The Balaban J connectivity index is 2.16. The van der Waals surface area contributed by atoms with Crippen molar-refractivity contribution in [2.24, 2.45) is 0 Å². The molecule has 0 aromatic heterocycles. The van der Waals surface area contributed by atoms with Crippen LogP contribution in [-0.4, -0.2) is 36.2 Å². The van der Waals surface area contributed by atoms with E-state index in [0.29, 0.717) is 6.54 Å². The van der Waals surface area contributed by atoms with Crippen molar-refractivity contribution >= 4 is 11.7 Å². The van der Waals surface area contributed by atoms with Crippen molar-refractivity contribution in [3.05, 3.63) is 29.3 Å². The molecule has 4 heteroatoms. The van der Waals surface area contributed by atoms with Crippen LogP contribution in [0.2, 0.25) is 0 Å². The van der Waals surface area contributed by atoms with Gasteiger partial charge in [-0.25, -0.2) is 0 Å². The van der Waals surface area contributed by atoms with Gasteiger partial charge >= 0.3 is 5.97 Å². The predicted molar refractivity (Wildman–Crippen MR) is 81.4 cm³/mol. The zero-order valence-electron chi connectivity index (χ0n) is 12.5. The summed E-state index contributed by atoms with van der Waals surface area (Å²) >= 11 is 0. The Kier molecular flexibility index (Phi) is 4.65. The van der Waals surface area contributed by atoms with Crippen LogP contribution in [0, 0.1) is 6.92 Å². The molecular weight excluding hydrogens is 252 g/mol. The Labute approximate surface area is 120 Å². The maximum absolute atomic E-state index is 11.4. The molecular formula is C16H24N2O2. The van der Waals surface area contributed by atoms with Crippen LogP contribution in [0.15, 0.2) is 18.2 Å². The first-order valence-corrected chi connectivity index (χ1v) is 7.30. The van der Waals surface area contributed by atoms with Crippen LogP contribution in [0.4, 0.5) is 5.69 Å². The molecule has 0 fully saturated rings. The molecule has 1 unspecified atom stereocenters. The fourth-order valence-corrected chi connectivity index (χ4v) is 2.82. The molecule has 0 aliphatic carbocycles. The monoisotopic (exact) mass is 276 g/mol. The highest BCUT2D eigenvalue weighted by Gasteiger charge is 2.24. The minimum Gasteiger partial charge on any atom is -0.480 e. The molecule has 0 bridgehead atoms. The summed E-state index contributed by atoms with van der Waals surface area (Å²) in [5.74, 6) is -0.780. The lowest BCUT2D eigenvalue weighted by molar-refractivity contribution is -0.139. The topological polar surface area (TPSA) is 52.6 Å². The summed E-state index contributed by atoms with van der Waals surface area (Å²) < 4.78 is 0. The van der Waals surface area contributed by atoms with Gasteiger partial charge in [0, 0.05) is 24.8 Å². The van der Waals surface area contributed by atoms with Crippen LogP contribution < -0.4 is 10.2 Å². The first kappa shape index (κ1) is 14.9. The fourth-order valence-electron chi connectivity index (χ4n) is 2.82. The van der Waals surface area contributed by atoms with E-state index in [1.807, 2.05) is 13.8 Å². The van der Waals surface area contributed by atoms with Crippen LogP contribution in [0.1, 0.15) is 31.4 Å². The van der Waals surface area contributed by atoms with Gasteiger partial charge < -0.3 is 15.3 Å². The third-order valence-corrected chi connectivity index (χ3v) is 3.69. The second-order valence-electron chi connectivity index (χ2n) is 5.89. The van der Waals surface area contributed by atoms with E-state index in [4.69, 9.17) is 0 Å². The molecule has 1 heterocycles. The highest BCUT2D eigenvalue weighted by Crippen LogP contribution is 2.28. The SMILES string of the molecule is Cc1ccc2c(c1)CCCN2CC(NC(C)C)C(=O)O. The summed E-state index contributed by atoms with van der Waals surface area (Å²) in [6.45, 7) is 7.50. The standard InChI is InChI=1S/C16H24N2O2/c1-11(2)17-14(16(19)20)10-18-8-4-5-13-9-12(3)6-7-15(13)18/h6-7,9,11,14,17H,4-5,8,10H2,1-3H3,(H,19,20). The van der Waals surface area contributed by atoms with Gasteiger partial charge in [0.2, 0.25) is 0 Å². The van der Waals surface area contributed by atoms with Crippen LogP contribution in [0.25, 0.3) is 0 Å². The predicted octanol–water partition coefficient (Wildman–Crippen LogP) is 2.20. The maximum atomic E-state index is 11.4. The molecule has 0 spiro atoms. The Morgan fingerprint density at radius 3 is 2.85 bits per heavy atom. The third kappa shape index (κ3) is 3.51. The van der Waals surface area contributed by atoms with E-state index in [9.17, 15) is 9.90 Å². The molecule has 2 rings (SSSR count).